The van der Waals surface area contributed by atoms with Gasteiger partial charge >= 0.3 is 5.97 Å². The first kappa shape index (κ1) is 20.1. The highest BCUT2D eigenvalue weighted by molar-refractivity contribution is 7.10. The van der Waals surface area contributed by atoms with Crippen molar-refractivity contribution in [3.63, 3.8) is 0 Å². The van der Waals surface area contributed by atoms with Gasteiger partial charge in [0.25, 0.3) is 0 Å². The van der Waals surface area contributed by atoms with Gasteiger partial charge in [-0.3, -0.25) is 4.90 Å². The Balaban J connectivity index is 2.45. The number of benzene rings is 1. The second-order valence-corrected chi connectivity index (χ2v) is 6.76. The molecular formula is C19H25NO5S. The van der Waals surface area contributed by atoms with Crippen LogP contribution in [0.1, 0.15) is 28.6 Å². The summed E-state index contributed by atoms with van der Waals surface area (Å²) in [6, 6.07) is 7.10. The number of hydrogen-bond acceptors (Lipinski definition) is 7. The van der Waals surface area contributed by atoms with Gasteiger partial charge in [0, 0.05) is 6.42 Å². The first-order valence-electron chi connectivity index (χ1n) is 8.18. The van der Waals surface area contributed by atoms with E-state index < -0.39 is 11.7 Å². The van der Waals surface area contributed by atoms with E-state index in [1.807, 2.05) is 43.4 Å². The average Bonchev–Trinajstić information content (AvgIpc) is 3.19. The van der Waals surface area contributed by atoms with E-state index in [9.17, 15) is 4.79 Å². The molecule has 0 amide bonds. The van der Waals surface area contributed by atoms with Crippen molar-refractivity contribution in [2.24, 2.45) is 0 Å². The van der Waals surface area contributed by atoms with Gasteiger partial charge in [0.2, 0.25) is 11.5 Å². The third kappa shape index (κ3) is 3.64. The van der Waals surface area contributed by atoms with Crippen LogP contribution in [0, 0.1) is 0 Å². The Kier molecular flexibility index (Phi) is 6.50. The summed E-state index contributed by atoms with van der Waals surface area (Å²) in [6.07, 6.45) is 0.608. The summed E-state index contributed by atoms with van der Waals surface area (Å²) in [4.78, 5) is 15.8. The van der Waals surface area contributed by atoms with Crippen LogP contribution in [-0.4, -0.2) is 46.3 Å². The van der Waals surface area contributed by atoms with Gasteiger partial charge < -0.3 is 18.9 Å². The Morgan fingerprint density at radius 1 is 1.12 bits per heavy atom. The molecule has 0 aliphatic heterocycles. The normalized spacial score (nSPS) is 13.2. The van der Waals surface area contributed by atoms with Crippen molar-refractivity contribution >= 4 is 17.3 Å². The van der Waals surface area contributed by atoms with Gasteiger partial charge in [0.1, 0.15) is 0 Å². The zero-order valence-corrected chi connectivity index (χ0v) is 16.8. The van der Waals surface area contributed by atoms with Crippen LogP contribution in [0.2, 0.25) is 0 Å². The quantitative estimate of drug-likeness (QED) is 0.514. The van der Waals surface area contributed by atoms with Crippen LogP contribution in [-0.2, 0) is 10.5 Å². The Labute approximate surface area is 158 Å². The molecule has 0 spiro atoms. The molecule has 7 heteroatoms. The molecular weight excluding hydrogens is 354 g/mol. The predicted molar refractivity (Wildman–Crippen MR) is 101 cm³/mol. The van der Waals surface area contributed by atoms with Crippen LogP contribution in [0.5, 0.6) is 17.2 Å². The summed E-state index contributed by atoms with van der Waals surface area (Å²) in [5.74, 6) is 0.774. The van der Waals surface area contributed by atoms with Crippen molar-refractivity contribution in [2.45, 2.75) is 19.1 Å². The summed E-state index contributed by atoms with van der Waals surface area (Å²) in [7, 11) is 8.32. The molecule has 1 unspecified atom stereocenters. The highest BCUT2D eigenvalue weighted by Crippen LogP contribution is 2.40. The van der Waals surface area contributed by atoms with Crippen molar-refractivity contribution in [3.05, 3.63) is 40.1 Å². The molecule has 0 saturated heterocycles. The fourth-order valence-electron chi connectivity index (χ4n) is 2.84. The zero-order chi connectivity index (χ0) is 19.3. The average molecular weight is 379 g/mol. The van der Waals surface area contributed by atoms with Gasteiger partial charge in [-0.25, -0.2) is 4.79 Å². The molecule has 2 aromatic rings. The van der Waals surface area contributed by atoms with Crippen LogP contribution < -0.4 is 14.2 Å². The lowest BCUT2D eigenvalue weighted by Gasteiger charge is -2.37. The Hall–Kier alpha value is -2.25. The van der Waals surface area contributed by atoms with Gasteiger partial charge in [-0.1, -0.05) is 13.0 Å². The number of thiophene rings is 1. The molecule has 1 heterocycles. The Morgan fingerprint density at radius 3 is 2.12 bits per heavy atom. The SMILES string of the molecule is CCC(OC(=O)c1cc(OC)c(OC)c(OC)c1)(c1cccs1)N(C)C. The molecule has 6 nitrogen and oxygen atoms in total. The zero-order valence-electron chi connectivity index (χ0n) is 16.0. The van der Waals surface area contributed by atoms with Gasteiger partial charge in [-0.15, -0.1) is 11.3 Å². The number of rotatable bonds is 8. The van der Waals surface area contributed by atoms with Crippen LogP contribution in [0.15, 0.2) is 29.6 Å². The van der Waals surface area contributed by atoms with E-state index in [1.165, 1.54) is 21.3 Å². The minimum atomic E-state index is -0.842. The van der Waals surface area contributed by atoms with Crippen molar-refractivity contribution in [1.29, 1.82) is 0 Å². The highest BCUT2D eigenvalue weighted by Gasteiger charge is 2.39. The summed E-state index contributed by atoms with van der Waals surface area (Å²) < 4.78 is 21.9. The Morgan fingerprint density at radius 2 is 1.73 bits per heavy atom. The minimum absolute atomic E-state index is 0.329. The van der Waals surface area contributed by atoms with Crippen molar-refractivity contribution in [2.75, 3.05) is 35.4 Å². The first-order chi connectivity index (χ1) is 12.4. The maximum atomic E-state index is 13.0. The fourth-order valence-corrected chi connectivity index (χ4v) is 3.85. The molecule has 0 saturated carbocycles. The van der Waals surface area contributed by atoms with Gasteiger partial charge in [-0.05, 0) is 37.7 Å². The number of carbonyl (C=O) groups excluding carboxylic acids is 1. The monoisotopic (exact) mass is 379 g/mol. The van der Waals surface area contributed by atoms with Crippen molar-refractivity contribution in [3.8, 4) is 17.2 Å². The summed E-state index contributed by atoms with van der Waals surface area (Å²) in [5.41, 5.74) is -0.512. The maximum absolute atomic E-state index is 13.0. The van der Waals surface area contributed by atoms with E-state index in [-0.39, 0.29) is 0 Å². The molecule has 1 aromatic carbocycles. The molecule has 0 fully saturated rings. The Bertz CT molecular complexity index is 719. The molecule has 0 aliphatic rings. The van der Waals surface area contributed by atoms with E-state index in [4.69, 9.17) is 18.9 Å². The lowest BCUT2D eigenvalue weighted by molar-refractivity contribution is -0.105. The lowest BCUT2D eigenvalue weighted by atomic mass is 10.1. The van der Waals surface area contributed by atoms with Crippen molar-refractivity contribution in [1.82, 2.24) is 4.90 Å². The van der Waals surface area contributed by atoms with Gasteiger partial charge in [-0.2, -0.15) is 0 Å². The first-order valence-corrected chi connectivity index (χ1v) is 9.06. The molecule has 2 rings (SSSR count). The second-order valence-electron chi connectivity index (χ2n) is 5.81. The molecule has 0 aliphatic carbocycles. The molecule has 1 aromatic heterocycles. The number of hydrogen-bond donors (Lipinski definition) is 0. The second kappa shape index (κ2) is 8.42. The van der Waals surface area contributed by atoms with Crippen molar-refractivity contribution < 1.29 is 23.7 Å². The standard InChI is InChI=1S/C19H25NO5S/c1-7-19(20(2)3,16-9-8-10-26-16)25-18(21)13-11-14(22-4)17(24-6)15(12-13)23-5/h8-12H,7H2,1-6H3. The van der Waals surface area contributed by atoms with E-state index in [0.29, 0.717) is 29.2 Å². The number of carbonyl (C=O) groups is 1. The summed E-state index contributed by atoms with van der Waals surface area (Å²) >= 11 is 1.55. The summed E-state index contributed by atoms with van der Waals surface area (Å²) in [6.45, 7) is 1.99. The van der Waals surface area contributed by atoms with Crippen LogP contribution >= 0.6 is 11.3 Å². The molecule has 142 valence electrons. The van der Waals surface area contributed by atoms with Crippen LogP contribution in [0.4, 0.5) is 0 Å². The minimum Gasteiger partial charge on any atom is -0.493 e. The molecule has 1 atom stereocenters. The van der Waals surface area contributed by atoms with Gasteiger partial charge in [0.15, 0.2) is 11.5 Å². The highest BCUT2D eigenvalue weighted by atomic mass is 32.1. The predicted octanol–water partition coefficient (Wildman–Crippen LogP) is 3.76. The summed E-state index contributed by atoms with van der Waals surface area (Å²) in [5, 5.41) is 1.97. The van der Waals surface area contributed by atoms with E-state index >= 15 is 0 Å². The largest absolute Gasteiger partial charge is 0.493 e. The number of esters is 1. The molecule has 26 heavy (non-hydrogen) atoms. The van der Waals surface area contributed by atoms with E-state index in [2.05, 4.69) is 0 Å². The fraction of sp³-hybridized carbons (Fsp3) is 0.421. The number of ether oxygens (including phenoxy) is 4. The number of methoxy groups -OCH3 is 3. The third-order valence-corrected chi connectivity index (χ3v) is 5.27. The number of nitrogens with zero attached hydrogens (tertiary/aromatic N) is 1. The van der Waals surface area contributed by atoms with Crippen LogP contribution in [0.25, 0.3) is 0 Å². The van der Waals surface area contributed by atoms with E-state index in [1.54, 1.807) is 23.5 Å². The van der Waals surface area contributed by atoms with Crippen LogP contribution in [0.3, 0.4) is 0 Å². The maximum Gasteiger partial charge on any atom is 0.340 e. The molecule has 0 N–H and O–H groups in total. The topological polar surface area (TPSA) is 57.2 Å². The lowest BCUT2D eigenvalue weighted by Crippen LogP contribution is -2.44. The third-order valence-electron chi connectivity index (χ3n) is 4.27. The molecule has 0 radical (unpaired) electrons. The molecule has 0 bridgehead atoms. The van der Waals surface area contributed by atoms with Gasteiger partial charge in [0.05, 0.1) is 31.8 Å². The van der Waals surface area contributed by atoms with E-state index in [0.717, 1.165) is 4.88 Å². The smallest absolute Gasteiger partial charge is 0.340 e.